The molecule has 0 spiro atoms. The van der Waals surface area contributed by atoms with E-state index in [0.29, 0.717) is 0 Å². The minimum atomic E-state index is 0.0752. The van der Waals surface area contributed by atoms with Crippen molar-refractivity contribution in [2.45, 2.75) is 31.8 Å². The number of halogens is 1. The van der Waals surface area contributed by atoms with E-state index >= 15 is 0 Å². The van der Waals surface area contributed by atoms with Crippen LogP contribution in [0.5, 0.6) is 0 Å². The van der Waals surface area contributed by atoms with Gasteiger partial charge in [0.1, 0.15) is 0 Å². The summed E-state index contributed by atoms with van der Waals surface area (Å²) < 4.78 is 5.69. The predicted molar refractivity (Wildman–Crippen MR) is 51.1 cm³/mol. The Bertz CT molecular complexity index is 148. The fourth-order valence-electron chi connectivity index (χ4n) is 1.60. The molecule has 0 aromatic carbocycles. The van der Waals surface area contributed by atoms with Crippen molar-refractivity contribution in [3.8, 4) is 0 Å². The van der Waals surface area contributed by atoms with E-state index in [1.165, 1.54) is 18.4 Å². The molecule has 0 aromatic rings. The zero-order chi connectivity index (χ0) is 8.32. The van der Waals surface area contributed by atoms with Gasteiger partial charge in [-0.05, 0) is 26.2 Å². The predicted octanol–water partition coefficient (Wildman–Crippen LogP) is 2.90. The largest absolute Gasteiger partial charge is 0.374 e. The third-order valence-electron chi connectivity index (χ3n) is 2.05. The van der Waals surface area contributed by atoms with Crippen LogP contribution in [-0.4, -0.2) is 17.5 Å². The molecule has 0 saturated carbocycles. The second-order valence-electron chi connectivity index (χ2n) is 3.40. The van der Waals surface area contributed by atoms with Crippen LogP contribution < -0.4 is 0 Å². The van der Waals surface area contributed by atoms with Crippen LogP contribution in [-0.2, 0) is 4.74 Å². The van der Waals surface area contributed by atoms with Crippen molar-refractivity contribution in [2.75, 3.05) is 11.9 Å². The highest BCUT2D eigenvalue weighted by molar-refractivity contribution is 9.09. The molecule has 0 amide bonds. The van der Waals surface area contributed by atoms with Crippen molar-refractivity contribution < 1.29 is 4.74 Å². The van der Waals surface area contributed by atoms with E-state index in [4.69, 9.17) is 4.74 Å². The molecule has 1 saturated heterocycles. The van der Waals surface area contributed by atoms with Gasteiger partial charge in [-0.25, -0.2) is 0 Å². The molecule has 0 aliphatic carbocycles. The van der Waals surface area contributed by atoms with Gasteiger partial charge in [-0.1, -0.05) is 21.5 Å². The normalized spacial score (nSPS) is 30.7. The van der Waals surface area contributed by atoms with Crippen molar-refractivity contribution in [3.05, 3.63) is 12.2 Å². The van der Waals surface area contributed by atoms with E-state index in [1.54, 1.807) is 0 Å². The molecular weight excluding hydrogens is 204 g/mol. The Morgan fingerprint density at radius 3 is 2.82 bits per heavy atom. The number of rotatable bonds is 3. The molecule has 1 atom stereocenters. The first kappa shape index (κ1) is 9.27. The summed E-state index contributed by atoms with van der Waals surface area (Å²) in [5, 5.41) is 0.937. The van der Waals surface area contributed by atoms with E-state index in [-0.39, 0.29) is 5.60 Å². The first-order chi connectivity index (χ1) is 5.18. The Morgan fingerprint density at radius 2 is 2.45 bits per heavy atom. The summed E-state index contributed by atoms with van der Waals surface area (Å²) in [5.41, 5.74) is 1.29. The maximum Gasteiger partial charge on any atom is 0.0816 e. The average Bonchev–Trinajstić information content (AvgIpc) is 2.36. The summed E-state index contributed by atoms with van der Waals surface area (Å²) in [4.78, 5) is 0. The van der Waals surface area contributed by atoms with Gasteiger partial charge in [0.05, 0.1) is 5.60 Å². The van der Waals surface area contributed by atoms with Crippen LogP contribution in [0, 0.1) is 0 Å². The van der Waals surface area contributed by atoms with Gasteiger partial charge < -0.3 is 4.74 Å². The van der Waals surface area contributed by atoms with E-state index in [2.05, 4.69) is 29.4 Å². The lowest BCUT2D eigenvalue weighted by atomic mass is 9.95. The van der Waals surface area contributed by atoms with Gasteiger partial charge in [0.2, 0.25) is 0 Å². The van der Waals surface area contributed by atoms with E-state index in [9.17, 15) is 0 Å². The highest BCUT2D eigenvalue weighted by Crippen LogP contribution is 2.32. The summed E-state index contributed by atoms with van der Waals surface area (Å²) in [6.45, 7) is 6.89. The molecule has 64 valence electrons. The van der Waals surface area contributed by atoms with Crippen molar-refractivity contribution >= 4 is 15.9 Å². The van der Waals surface area contributed by atoms with Crippen molar-refractivity contribution in [2.24, 2.45) is 0 Å². The number of alkyl halides is 1. The summed E-state index contributed by atoms with van der Waals surface area (Å²) in [6.07, 6.45) is 3.36. The Labute approximate surface area is 76.9 Å². The van der Waals surface area contributed by atoms with Gasteiger partial charge in [0, 0.05) is 11.9 Å². The Kier molecular flexibility index (Phi) is 3.14. The lowest BCUT2D eigenvalue weighted by molar-refractivity contribution is 0.0261. The first-order valence-corrected chi connectivity index (χ1v) is 5.15. The van der Waals surface area contributed by atoms with Gasteiger partial charge in [0.25, 0.3) is 0 Å². The molecule has 11 heavy (non-hydrogen) atoms. The zero-order valence-corrected chi connectivity index (χ0v) is 8.61. The van der Waals surface area contributed by atoms with Crippen molar-refractivity contribution in [1.82, 2.24) is 0 Å². The average molecular weight is 219 g/mol. The summed E-state index contributed by atoms with van der Waals surface area (Å²) in [6, 6.07) is 0. The summed E-state index contributed by atoms with van der Waals surface area (Å²) in [5.74, 6) is 0. The standard InChI is InChI=1S/C9H15BrO/c1-8(2)6-9(7-10)4-3-5-11-9/h1,3-7H2,2H3. The second kappa shape index (κ2) is 3.72. The minimum Gasteiger partial charge on any atom is -0.374 e. The van der Waals surface area contributed by atoms with Gasteiger partial charge in [-0.15, -0.1) is 6.58 Å². The molecule has 1 aliphatic rings. The molecule has 1 aliphatic heterocycles. The van der Waals surface area contributed by atoms with Crippen LogP contribution in [0.3, 0.4) is 0 Å². The lowest BCUT2D eigenvalue weighted by Gasteiger charge is -2.25. The Balaban J connectivity index is 2.52. The molecule has 0 radical (unpaired) electrons. The minimum absolute atomic E-state index is 0.0752. The molecule has 1 unspecified atom stereocenters. The highest BCUT2D eigenvalue weighted by atomic mass is 79.9. The van der Waals surface area contributed by atoms with Gasteiger partial charge >= 0.3 is 0 Å². The highest BCUT2D eigenvalue weighted by Gasteiger charge is 2.33. The zero-order valence-electron chi connectivity index (χ0n) is 7.03. The molecule has 1 nitrogen and oxygen atoms in total. The van der Waals surface area contributed by atoms with E-state index in [1.807, 2.05) is 0 Å². The quantitative estimate of drug-likeness (QED) is 0.523. The second-order valence-corrected chi connectivity index (χ2v) is 3.96. The number of ether oxygens (including phenoxy) is 1. The summed E-state index contributed by atoms with van der Waals surface area (Å²) in [7, 11) is 0. The lowest BCUT2D eigenvalue weighted by Crippen LogP contribution is -2.29. The smallest absolute Gasteiger partial charge is 0.0816 e. The third kappa shape index (κ3) is 2.31. The van der Waals surface area contributed by atoms with Gasteiger partial charge in [-0.3, -0.25) is 0 Å². The monoisotopic (exact) mass is 218 g/mol. The number of hydrogen-bond acceptors (Lipinski definition) is 1. The van der Waals surface area contributed by atoms with Crippen LogP contribution in [0.25, 0.3) is 0 Å². The molecule has 1 heterocycles. The van der Waals surface area contributed by atoms with Gasteiger partial charge in [-0.2, -0.15) is 0 Å². The Morgan fingerprint density at radius 1 is 1.73 bits per heavy atom. The maximum absolute atomic E-state index is 5.69. The third-order valence-corrected chi connectivity index (χ3v) is 3.07. The molecular formula is C9H15BrO. The molecule has 0 N–H and O–H groups in total. The van der Waals surface area contributed by atoms with Crippen LogP contribution in [0.4, 0.5) is 0 Å². The molecule has 1 fully saturated rings. The molecule has 0 bridgehead atoms. The van der Waals surface area contributed by atoms with Crippen LogP contribution >= 0.6 is 15.9 Å². The van der Waals surface area contributed by atoms with Crippen molar-refractivity contribution in [3.63, 3.8) is 0 Å². The van der Waals surface area contributed by atoms with Crippen LogP contribution in [0.1, 0.15) is 26.2 Å². The van der Waals surface area contributed by atoms with Gasteiger partial charge in [0.15, 0.2) is 0 Å². The maximum atomic E-state index is 5.69. The molecule has 2 heteroatoms. The van der Waals surface area contributed by atoms with Crippen LogP contribution in [0.15, 0.2) is 12.2 Å². The fraction of sp³-hybridized carbons (Fsp3) is 0.778. The Hall–Kier alpha value is 0.180. The molecule has 0 aromatic heterocycles. The topological polar surface area (TPSA) is 9.23 Å². The van der Waals surface area contributed by atoms with Crippen molar-refractivity contribution in [1.29, 1.82) is 0 Å². The SMILES string of the molecule is C=C(C)CC1(CBr)CCCO1. The number of hydrogen-bond donors (Lipinski definition) is 0. The first-order valence-electron chi connectivity index (χ1n) is 4.03. The van der Waals surface area contributed by atoms with Crippen LogP contribution in [0.2, 0.25) is 0 Å². The molecule has 1 rings (SSSR count). The summed E-state index contributed by atoms with van der Waals surface area (Å²) >= 11 is 3.50. The van der Waals surface area contributed by atoms with E-state index in [0.717, 1.165) is 18.4 Å². The fourth-order valence-corrected chi connectivity index (χ4v) is 2.24. The van der Waals surface area contributed by atoms with E-state index < -0.39 is 0 Å².